The van der Waals surface area contributed by atoms with Crippen LogP contribution in [-0.4, -0.2) is 18.6 Å². The summed E-state index contributed by atoms with van der Waals surface area (Å²) in [6.07, 6.45) is -5.59. The molecule has 6 heteroatoms. The first kappa shape index (κ1) is 15.9. The first-order valence-electron chi connectivity index (χ1n) is 5.86. The van der Waals surface area contributed by atoms with Gasteiger partial charge in [-0.05, 0) is 31.5 Å². The van der Waals surface area contributed by atoms with E-state index in [0.717, 1.165) is 0 Å². The van der Waals surface area contributed by atoms with Gasteiger partial charge in [-0.15, -0.1) is 0 Å². The highest BCUT2D eigenvalue weighted by Crippen LogP contribution is 2.45. The van der Waals surface area contributed by atoms with Gasteiger partial charge in [0.25, 0.3) is 0 Å². The van der Waals surface area contributed by atoms with Crippen molar-refractivity contribution in [3.05, 3.63) is 34.9 Å². The summed E-state index contributed by atoms with van der Waals surface area (Å²) < 4.78 is 64.8. The van der Waals surface area contributed by atoms with E-state index in [1.807, 2.05) is 0 Å². The number of hydrogen-bond acceptors (Lipinski definition) is 1. The van der Waals surface area contributed by atoms with Crippen molar-refractivity contribution in [2.45, 2.75) is 38.9 Å². The van der Waals surface area contributed by atoms with Crippen LogP contribution < -0.4 is 5.32 Å². The zero-order valence-corrected chi connectivity index (χ0v) is 10.9. The van der Waals surface area contributed by atoms with Gasteiger partial charge < -0.3 is 5.32 Å². The predicted molar refractivity (Wildman–Crippen MR) is 63.3 cm³/mol. The molecule has 0 fully saturated rings. The smallest absolute Gasteiger partial charge is 0.305 e. The SMILES string of the molecule is CCNC(c1cc(C)ccc1C)C(F)(F)C(F)(F)F. The van der Waals surface area contributed by atoms with Crippen LogP contribution in [0.15, 0.2) is 18.2 Å². The summed E-state index contributed by atoms with van der Waals surface area (Å²) in [6.45, 7) is 4.68. The second-order valence-electron chi connectivity index (χ2n) is 4.47. The first-order valence-corrected chi connectivity index (χ1v) is 5.86. The molecule has 1 atom stereocenters. The second kappa shape index (κ2) is 5.45. The Hall–Kier alpha value is -1.17. The third-order valence-corrected chi connectivity index (χ3v) is 2.89. The predicted octanol–water partition coefficient (Wildman–Crippen LogP) is 4.15. The largest absolute Gasteiger partial charge is 0.455 e. The average Bonchev–Trinajstić information content (AvgIpc) is 2.28. The fourth-order valence-corrected chi connectivity index (χ4v) is 1.87. The van der Waals surface area contributed by atoms with Gasteiger partial charge in [0.15, 0.2) is 0 Å². The zero-order valence-electron chi connectivity index (χ0n) is 10.9. The first-order chi connectivity index (χ1) is 8.61. The summed E-state index contributed by atoms with van der Waals surface area (Å²) >= 11 is 0. The topological polar surface area (TPSA) is 12.0 Å². The highest BCUT2D eigenvalue weighted by molar-refractivity contribution is 5.34. The van der Waals surface area contributed by atoms with Gasteiger partial charge in [0, 0.05) is 0 Å². The molecule has 0 radical (unpaired) electrons. The van der Waals surface area contributed by atoms with Gasteiger partial charge in [0.2, 0.25) is 0 Å². The van der Waals surface area contributed by atoms with Crippen molar-refractivity contribution in [1.29, 1.82) is 0 Å². The van der Waals surface area contributed by atoms with Crippen molar-refractivity contribution < 1.29 is 22.0 Å². The quantitative estimate of drug-likeness (QED) is 0.817. The lowest BCUT2D eigenvalue weighted by atomic mass is 9.94. The maximum absolute atomic E-state index is 13.6. The molecule has 1 aromatic carbocycles. The van der Waals surface area contributed by atoms with E-state index >= 15 is 0 Å². The van der Waals surface area contributed by atoms with Crippen LogP contribution in [-0.2, 0) is 0 Å². The van der Waals surface area contributed by atoms with E-state index in [4.69, 9.17) is 0 Å². The van der Waals surface area contributed by atoms with Crippen LogP contribution in [0.25, 0.3) is 0 Å². The second-order valence-corrected chi connectivity index (χ2v) is 4.47. The molecule has 0 saturated heterocycles. The minimum absolute atomic E-state index is 0.0176. The average molecular weight is 281 g/mol. The van der Waals surface area contributed by atoms with Crippen molar-refractivity contribution in [1.82, 2.24) is 5.32 Å². The van der Waals surface area contributed by atoms with Crippen LogP contribution >= 0.6 is 0 Å². The molecule has 0 aromatic heterocycles. The molecule has 0 aliphatic heterocycles. The Labute approximate surface area is 108 Å². The third kappa shape index (κ3) is 3.23. The van der Waals surface area contributed by atoms with Crippen LogP contribution in [0.5, 0.6) is 0 Å². The van der Waals surface area contributed by atoms with E-state index in [-0.39, 0.29) is 12.1 Å². The number of nitrogens with one attached hydrogen (secondary N) is 1. The van der Waals surface area contributed by atoms with Gasteiger partial charge >= 0.3 is 12.1 Å². The van der Waals surface area contributed by atoms with Crippen LogP contribution in [0, 0.1) is 13.8 Å². The molecular weight excluding hydrogens is 265 g/mol. The van der Waals surface area contributed by atoms with Crippen LogP contribution in [0.3, 0.4) is 0 Å². The Morgan fingerprint density at radius 2 is 1.68 bits per heavy atom. The normalized spacial score (nSPS) is 14.5. The third-order valence-electron chi connectivity index (χ3n) is 2.89. The number of hydrogen-bond donors (Lipinski definition) is 1. The maximum atomic E-state index is 13.6. The molecule has 108 valence electrons. The number of halogens is 5. The fraction of sp³-hybridized carbons (Fsp3) is 0.538. The molecule has 1 N–H and O–H groups in total. The van der Waals surface area contributed by atoms with Crippen molar-refractivity contribution >= 4 is 0 Å². The van der Waals surface area contributed by atoms with Crippen molar-refractivity contribution in [2.75, 3.05) is 6.54 Å². The van der Waals surface area contributed by atoms with E-state index in [2.05, 4.69) is 5.32 Å². The lowest BCUT2D eigenvalue weighted by Gasteiger charge is -2.30. The molecule has 0 saturated carbocycles. The molecule has 0 aliphatic rings. The Kier molecular flexibility index (Phi) is 4.55. The van der Waals surface area contributed by atoms with Gasteiger partial charge in [-0.3, -0.25) is 0 Å². The summed E-state index contributed by atoms with van der Waals surface area (Å²) in [5.41, 5.74) is 1.02. The molecule has 1 aromatic rings. The van der Waals surface area contributed by atoms with E-state index < -0.39 is 18.1 Å². The molecule has 0 amide bonds. The molecule has 0 heterocycles. The monoisotopic (exact) mass is 281 g/mol. The van der Waals surface area contributed by atoms with Gasteiger partial charge in [-0.25, -0.2) is 0 Å². The zero-order chi connectivity index (χ0) is 14.8. The molecule has 0 aliphatic carbocycles. The Balaban J connectivity index is 3.32. The van der Waals surface area contributed by atoms with E-state index in [1.165, 1.54) is 19.9 Å². The minimum Gasteiger partial charge on any atom is -0.305 e. The van der Waals surface area contributed by atoms with Crippen LogP contribution in [0.4, 0.5) is 22.0 Å². The van der Waals surface area contributed by atoms with Crippen molar-refractivity contribution in [2.24, 2.45) is 0 Å². The molecule has 1 rings (SSSR count). The summed E-state index contributed by atoms with van der Waals surface area (Å²) in [4.78, 5) is 0. The molecule has 19 heavy (non-hydrogen) atoms. The fourth-order valence-electron chi connectivity index (χ4n) is 1.87. The number of aryl methyl sites for hydroxylation is 2. The molecule has 0 bridgehead atoms. The summed E-state index contributed by atoms with van der Waals surface area (Å²) in [5, 5.41) is 2.24. The van der Waals surface area contributed by atoms with Gasteiger partial charge in [-0.2, -0.15) is 22.0 Å². The Morgan fingerprint density at radius 1 is 1.11 bits per heavy atom. The van der Waals surface area contributed by atoms with E-state index in [9.17, 15) is 22.0 Å². The van der Waals surface area contributed by atoms with Gasteiger partial charge in [-0.1, -0.05) is 30.7 Å². The van der Waals surface area contributed by atoms with Crippen LogP contribution in [0.2, 0.25) is 0 Å². The minimum atomic E-state index is -5.59. The summed E-state index contributed by atoms with van der Waals surface area (Å²) in [7, 11) is 0. The Morgan fingerprint density at radius 3 is 2.16 bits per heavy atom. The Bertz CT molecular complexity index is 439. The van der Waals surface area contributed by atoms with Crippen molar-refractivity contribution in [3.8, 4) is 0 Å². The van der Waals surface area contributed by atoms with Gasteiger partial charge in [0.1, 0.15) is 6.04 Å². The lowest BCUT2D eigenvalue weighted by Crippen LogP contribution is -2.48. The van der Waals surface area contributed by atoms with E-state index in [0.29, 0.717) is 11.1 Å². The molecule has 1 unspecified atom stereocenters. The highest BCUT2D eigenvalue weighted by atomic mass is 19.4. The lowest BCUT2D eigenvalue weighted by molar-refractivity contribution is -0.294. The number of rotatable bonds is 4. The van der Waals surface area contributed by atoms with Crippen molar-refractivity contribution in [3.63, 3.8) is 0 Å². The van der Waals surface area contributed by atoms with Crippen LogP contribution in [0.1, 0.15) is 29.7 Å². The molecular formula is C13H16F5N. The summed E-state index contributed by atoms with van der Waals surface area (Å²) in [6, 6.07) is 2.51. The maximum Gasteiger partial charge on any atom is 0.455 e. The van der Waals surface area contributed by atoms with Gasteiger partial charge in [0.05, 0.1) is 0 Å². The standard InChI is InChI=1S/C13H16F5N/c1-4-19-11(12(14,15)13(16,17)18)10-7-8(2)5-6-9(10)3/h5-7,11,19H,4H2,1-3H3. The summed E-state index contributed by atoms with van der Waals surface area (Å²) in [5.74, 6) is -4.82. The number of alkyl halides is 5. The molecule has 0 spiro atoms. The number of benzene rings is 1. The van der Waals surface area contributed by atoms with E-state index in [1.54, 1.807) is 19.1 Å². The highest BCUT2D eigenvalue weighted by Gasteiger charge is 2.62. The molecule has 1 nitrogen and oxygen atoms in total.